The van der Waals surface area contributed by atoms with Gasteiger partial charge in [-0.2, -0.15) is 0 Å². The first-order valence-electron chi connectivity index (χ1n) is 6.67. The second-order valence-electron chi connectivity index (χ2n) is 5.24. The highest BCUT2D eigenvalue weighted by Gasteiger charge is 2.33. The van der Waals surface area contributed by atoms with Gasteiger partial charge in [-0.05, 0) is 43.7 Å². The molecule has 18 heavy (non-hydrogen) atoms. The molecule has 1 aliphatic rings. The highest BCUT2D eigenvalue weighted by atomic mass is 16.3. The summed E-state index contributed by atoms with van der Waals surface area (Å²) in [6.07, 6.45) is 6.27. The van der Waals surface area contributed by atoms with E-state index in [-0.39, 0.29) is 5.91 Å². The average molecular weight is 251 g/mol. The summed E-state index contributed by atoms with van der Waals surface area (Å²) in [5, 5.41) is 13.1. The second-order valence-corrected chi connectivity index (χ2v) is 5.24. The summed E-state index contributed by atoms with van der Waals surface area (Å²) in [4.78, 5) is 11.7. The van der Waals surface area contributed by atoms with Crippen LogP contribution in [0.15, 0.2) is 22.8 Å². The van der Waals surface area contributed by atoms with Gasteiger partial charge in [0.25, 0.3) is 5.91 Å². The maximum atomic E-state index is 11.7. The van der Waals surface area contributed by atoms with Crippen molar-refractivity contribution in [1.82, 2.24) is 5.32 Å². The molecule has 1 aromatic heterocycles. The Labute approximate surface area is 107 Å². The molecule has 0 radical (unpaired) electrons. The van der Waals surface area contributed by atoms with E-state index in [0.29, 0.717) is 12.3 Å². The van der Waals surface area contributed by atoms with E-state index in [1.807, 2.05) is 0 Å². The Morgan fingerprint density at radius 2 is 2.28 bits per heavy atom. The van der Waals surface area contributed by atoms with Crippen molar-refractivity contribution in [2.75, 3.05) is 6.54 Å². The Bertz CT molecular complexity index is 378. The number of aliphatic hydroxyl groups is 1. The molecule has 0 unspecified atom stereocenters. The van der Waals surface area contributed by atoms with Gasteiger partial charge in [-0.3, -0.25) is 4.79 Å². The smallest absolute Gasteiger partial charge is 0.287 e. The number of carbonyl (C=O) groups excluding carboxylic acids is 1. The van der Waals surface area contributed by atoms with Gasteiger partial charge in [0.1, 0.15) is 0 Å². The van der Waals surface area contributed by atoms with Crippen LogP contribution in [-0.2, 0) is 0 Å². The molecule has 2 rings (SSSR count). The Balaban J connectivity index is 1.81. The molecule has 1 fully saturated rings. The van der Waals surface area contributed by atoms with Gasteiger partial charge in [0.2, 0.25) is 0 Å². The van der Waals surface area contributed by atoms with E-state index in [1.54, 1.807) is 12.1 Å². The zero-order valence-electron chi connectivity index (χ0n) is 10.8. The molecular weight excluding hydrogens is 230 g/mol. The fourth-order valence-electron chi connectivity index (χ4n) is 2.54. The molecular formula is C14H21NO3. The van der Waals surface area contributed by atoms with Crippen LogP contribution in [0.1, 0.15) is 49.6 Å². The Morgan fingerprint density at radius 3 is 2.83 bits per heavy atom. The summed E-state index contributed by atoms with van der Waals surface area (Å²) in [5.41, 5.74) is -0.742. The first-order chi connectivity index (χ1) is 8.63. The number of nitrogens with one attached hydrogen (secondary N) is 1. The third kappa shape index (κ3) is 3.13. The average Bonchev–Trinajstić information content (AvgIpc) is 2.91. The highest BCUT2D eigenvalue weighted by molar-refractivity contribution is 5.91. The lowest BCUT2D eigenvalue weighted by atomic mass is 9.78. The molecule has 4 nitrogen and oxygen atoms in total. The van der Waals surface area contributed by atoms with E-state index in [4.69, 9.17) is 4.42 Å². The zero-order valence-corrected chi connectivity index (χ0v) is 10.8. The van der Waals surface area contributed by atoms with E-state index in [1.165, 1.54) is 12.7 Å². The third-order valence-electron chi connectivity index (χ3n) is 3.94. The van der Waals surface area contributed by atoms with Crippen LogP contribution >= 0.6 is 0 Å². The Morgan fingerprint density at radius 1 is 1.56 bits per heavy atom. The summed E-state index contributed by atoms with van der Waals surface area (Å²) in [5.74, 6) is 0.762. The van der Waals surface area contributed by atoms with Crippen LogP contribution in [0, 0.1) is 5.92 Å². The number of hydrogen-bond acceptors (Lipinski definition) is 3. The predicted molar refractivity (Wildman–Crippen MR) is 68.2 cm³/mol. The maximum absolute atomic E-state index is 11.7. The molecule has 1 amide bonds. The van der Waals surface area contributed by atoms with Gasteiger partial charge in [0, 0.05) is 6.54 Å². The minimum atomic E-state index is -0.742. The number of amides is 1. The van der Waals surface area contributed by atoms with Gasteiger partial charge < -0.3 is 14.8 Å². The summed E-state index contributed by atoms with van der Waals surface area (Å²) < 4.78 is 5.01. The van der Waals surface area contributed by atoms with Gasteiger partial charge in [-0.15, -0.1) is 0 Å². The van der Waals surface area contributed by atoms with Crippen molar-refractivity contribution < 1.29 is 14.3 Å². The molecule has 100 valence electrons. The van der Waals surface area contributed by atoms with Crippen molar-refractivity contribution in [3.05, 3.63) is 24.2 Å². The minimum absolute atomic E-state index is 0.258. The van der Waals surface area contributed by atoms with E-state index in [0.717, 1.165) is 31.6 Å². The van der Waals surface area contributed by atoms with Crippen LogP contribution in [0.5, 0.6) is 0 Å². The van der Waals surface area contributed by atoms with Gasteiger partial charge >= 0.3 is 0 Å². The molecule has 0 saturated heterocycles. The van der Waals surface area contributed by atoms with E-state index in [2.05, 4.69) is 12.2 Å². The van der Waals surface area contributed by atoms with Crippen molar-refractivity contribution in [3.63, 3.8) is 0 Å². The van der Waals surface area contributed by atoms with Gasteiger partial charge in [0.15, 0.2) is 5.76 Å². The number of carbonyl (C=O) groups is 1. The van der Waals surface area contributed by atoms with Crippen LogP contribution in [0.3, 0.4) is 0 Å². The molecule has 1 aliphatic carbocycles. The van der Waals surface area contributed by atoms with Gasteiger partial charge in [-0.25, -0.2) is 0 Å². The number of furan rings is 1. The maximum Gasteiger partial charge on any atom is 0.287 e. The van der Waals surface area contributed by atoms with E-state index >= 15 is 0 Å². The van der Waals surface area contributed by atoms with Gasteiger partial charge in [-0.1, -0.05) is 13.3 Å². The molecule has 0 spiro atoms. The summed E-state index contributed by atoms with van der Waals surface area (Å²) in [7, 11) is 0. The molecule has 0 bridgehead atoms. The number of hydrogen-bond donors (Lipinski definition) is 2. The van der Waals surface area contributed by atoms with E-state index in [9.17, 15) is 9.90 Å². The molecule has 0 aromatic carbocycles. The lowest BCUT2D eigenvalue weighted by molar-refractivity contribution is -0.00804. The molecule has 1 aromatic rings. The standard InChI is InChI=1S/C14H21NO3/c1-2-11-5-7-14(17,8-6-11)10-15-13(16)12-4-3-9-18-12/h3-4,9,11,17H,2,5-8,10H2,1H3,(H,15,16). The lowest BCUT2D eigenvalue weighted by Crippen LogP contribution is -2.45. The van der Waals surface area contributed by atoms with Crippen LogP contribution in [0.25, 0.3) is 0 Å². The van der Waals surface area contributed by atoms with Crippen LogP contribution in [0.2, 0.25) is 0 Å². The monoisotopic (exact) mass is 251 g/mol. The number of rotatable bonds is 4. The fourth-order valence-corrected chi connectivity index (χ4v) is 2.54. The summed E-state index contributed by atoms with van der Waals surface area (Å²) in [6, 6.07) is 3.30. The predicted octanol–water partition coefficient (Wildman–Crippen LogP) is 2.34. The summed E-state index contributed by atoms with van der Waals surface area (Å²) in [6.45, 7) is 2.50. The zero-order chi connectivity index (χ0) is 13.0. The molecule has 0 atom stereocenters. The first-order valence-corrected chi connectivity index (χ1v) is 6.67. The SMILES string of the molecule is CCC1CCC(O)(CNC(=O)c2ccco2)CC1. The minimum Gasteiger partial charge on any atom is -0.459 e. The topological polar surface area (TPSA) is 62.5 Å². The van der Waals surface area contributed by atoms with Crippen LogP contribution < -0.4 is 5.32 Å². The van der Waals surface area contributed by atoms with Crippen molar-refractivity contribution in [3.8, 4) is 0 Å². The molecule has 0 aliphatic heterocycles. The van der Waals surface area contributed by atoms with Crippen LogP contribution in [-0.4, -0.2) is 23.2 Å². The molecule has 4 heteroatoms. The largest absolute Gasteiger partial charge is 0.459 e. The Hall–Kier alpha value is -1.29. The molecule has 2 N–H and O–H groups in total. The normalized spacial score (nSPS) is 28.0. The quantitative estimate of drug-likeness (QED) is 0.863. The van der Waals surface area contributed by atoms with Crippen LogP contribution in [0.4, 0.5) is 0 Å². The van der Waals surface area contributed by atoms with Crippen molar-refractivity contribution >= 4 is 5.91 Å². The van der Waals surface area contributed by atoms with Gasteiger partial charge in [0.05, 0.1) is 11.9 Å². The molecule has 1 heterocycles. The molecule has 1 saturated carbocycles. The van der Waals surface area contributed by atoms with E-state index < -0.39 is 5.60 Å². The second kappa shape index (κ2) is 5.57. The fraction of sp³-hybridized carbons (Fsp3) is 0.643. The van der Waals surface area contributed by atoms with Crippen molar-refractivity contribution in [2.24, 2.45) is 5.92 Å². The van der Waals surface area contributed by atoms with Crippen molar-refractivity contribution in [1.29, 1.82) is 0 Å². The first kappa shape index (κ1) is 13.1. The summed E-state index contributed by atoms with van der Waals surface area (Å²) >= 11 is 0. The highest BCUT2D eigenvalue weighted by Crippen LogP contribution is 2.33. The third-order valence-corrected chi connectivity index (χ3v) is 3.94. The van der Waals surface area contributed by atoms with Crippen molar-refractivity contribution in [2.45, 2.75) is 44.6 Å². The Kier molecular flexibility index (Phi) is 4.07. The lowest BCUT2D eigenvalue weighted by Gasteiger charge is -2.35.